The van der Waals surface area contributed by atoms with Crippen LogP contribution < -0.4 is 5.32 Å². The van der Waals surface area contributed by atoms with Crippen LogP contribution in [0.25, 0.3) is 0 Å². The highest BCUT2D eigenvalue weighted by Crippen LogP contribution is 2.28. The number of hydrogen-bond donors (Lipinski definition) is 1. The standard InChI is InChI=1S/C16H25FN2/c1-12(13-7-5-6-8-14(13)17)19-10-9-18-15(11-19)16(2,3)4/h5-8,12,15,18H,9-11H2,1-4H3. The Labute approximate surface area is 116 Å². The molecule has 0 aromatic heterocycles. The van der Waals surface area contributed by atoms with E-state index >= 15 is 0 Å². The molecule has 19 heavy (non-hydrogen) atoms. The molecule has 2 unspecified atom stereocenters. The molecular formula is C16H25FN2. The summed E-state index contributed by atoms with van der Waals surface area (Å²) in [5.74, 6) is -0.0964. The van der Waals surface area contributed by atoms with Gasteiger partial charge in [0.05, 0.1) is 0 Å². The van der Waals surface area contributed by atoms with Crippen LogP contribution in [-0.4, -0.2) is 30.6 Å². The minimum atomic E-state index is -0.0964. The Morgan fingerprint density at radius 2 is 2.00 bits per heavy atom. The first kappa shape index (κ1) is 14.5. The molecule has 2 nitrogen and oxygen atoms in total. The largest absolute Gasteiger partial charge is 0.311 e. The maximum Gasteiger partial charge on any atom is 0.127 e. The monoisotopic (exact) mass is 264 g/mol. The zero-order valence-corrected chi connectivity index (χ0v) is 12.4. The van der Waals surface area contributed by atoms with E-state index in [2.05, 4.69) is 37.9 Å². The summed E-state index contributed by atoms with van der Waals surface area (Å²) in [6.45, 7) is 11.8. The summed E-state index contributed by atoms with van der Waals surface area (Å²) >= 11 is 0. The van der Waals surface area contributed by atoms with Crippen LogP contribution in [0.15, 0.2) is 24.3 Å². The predicted octanol–water partition coefficient (Wildman–Crippen LogP) is 3.21. The fraction of sp³-hybridized carbons (Fsp3) is 0.625. The lowest BCUT2D eigenvalue weighted by Crippen LogP contribution is -2.56. The number of benzene rings is 1. The number of piperazine rings is 1. The predicted molar refractivity (Wildman–Crippen MR) is 77.6 cm³/mol. The quantitative estimate of drug-likeness (QED) is 0.882. The van der Waals surface area contributed by atoms with E-state index in [1.165, 1.54) is 0 Å². The van der Waals surface area contributed by atoms with Gasteiger partial charge in [0.25, 0.3) is 0 Å². The molecule has 1 aromatic rings. The lowest BCUT2D eigenvalue weighted by molar-refractivity contribution is 0.103. The van der Waals surface area contributed by atoms with Crippen molar-refractivity contribution in [3.63, 3.8) is 0 Å². The summed E-state index contributed by atoms with van der Waals surface area (Å²) in [6.07, 6.45) is 0. The maximum atomic E-state index is 13.9. The van der Waals surface area contributed by atoms with Gasteiger partial charge in [0.15, 0.2) is 0 Å². The van der Waals surface area contributed by atoms with Crippen molar-refractivity contribution in [2.75, 3.05) is 19.6 Å². The number of nitrogens with one attached hydrogen (secondary N) is 1. The van der Waals surface area contributed by atoms with Gasteiger partial charge in [0.2, 0.25) is 0 Å². The second kappa shape index (κ2) is 5.59. The lowest BCUT2D eigenvalue weighted by atomic mass is 9.85. The Kier molecular flexibility index (Phi) is 4.26. The Bertz CT molecular complexity index is 425. The number of halogens is 1. The Morgan fingerprint density at radius 3 is 2.63 bits per heavy atom. The Balaban J connectivity index is 2.12. The molecule has 0 amide bonds. The van der Waals surface area contributed by atoms with Gasteiger partial charge in [-0.3, -0.25) is 4.90 Å². The van der Waals surface area contributed by atoms with Gasteiger partial charge >= 0.3 is 0 Å². The van der Waals surface area contributed by atoms with Crippen molar-refractivity contribution in [1.29, 1.82) is 0 Å². The van der Waals surface area contributed by atoms with Crippen molar-refractivity contribution in [3.8, 4) is 0 Å². The first-order valence-corrected chi connectivity index (χ1v) is 7.11. The average Bonchev–Trinajstić information content (AvgIpc) is 2.38. The van der Waals surface area contributed by atoms with Gasteiger partial charge in [-0.2, -0.15) is 0 Å². The van der Waals surface area contributed by atoms with Crippen molar-refractivity contribution in [2.24, 2.45) is 5.41 Å². The van der Waals surface area contributed by atoms with Crippen LogP contribution >= 0.6 is 0 Å². The maximum absolute atomic E-state index is 13.9. The lowest BCUT2D eigenvalue weighted by Gasteiger charge is -2.43. The van der Waals surface area contributed by atoms with Gasteiger partial charge in [-0.25, -0.2) is 4.39 Å². The highest BCUT2D eigenvalue weighted by molar-refractivity contribution is 5.21. The molecular weight excluding hydrogens is 239 g/mol. The molecule has 0 spiro atoms. The third-order valence-electron chi connectivity index (χ3n) is 4.16. The van der Waals surface area contributed by atoms with Gasteiger partial charge in [-0.1, -0.05) is 39.0 Å². The summed E-state index contributed by atoms with van der Waals surface area (Å²) in [5, 5.41) is 3.57. The second-order valence-corrected chi connectivity index (χ2v) is 6.57. The van der Waals surface area contributed by atoms with Gasteiger partial charge in [-0.15, -0.1) is 0 Å². The molecule has 3 heteroatoms. The molecule has 1 aliphatic rings. The second-order valence-electron chi connectivity index (χ2n) is 6.57. The van der Waals surface area contributed by atoms with E-state index in [1.807, 2.05) is 12.1 Å². The Morgan fingerprint density at radius 1 is 1.32 bits per heavy atom. The molecule has 1 saturated heterocycles. The van der Waals surface area contributed by atoms with E-state index in [0.717, 1.165) is 25.2 Å². The zero-order valence-electron chi connectivity index (χ0n) is 12.4. The van der Waals surface area contributed by atoms with Crippen LogP contribution in [-0.2, 0) is 0 Å². The van der Waals surface area contributed by atoms with E-state index in [4.69, 9.17) is 0 Å². The molecule has 0 radical (unpaired) electrons. The first-order valence-electron chi connectivity index (χ1n) is 7.11. The molecule has 1 N–H and O–H groups in total. The van der Waals surface area contributed by atoms with Gasteiger partial charge < -0.3 is 5.32 Å². The summed E-state index contributed by atoms with van der Waals surface area (Å²) in [6, 6.07) is 7.70. The summed E-state index contributed by atoms with van der Waals surface area (Å²) < 4.78 is 13.9. The van der Waals surface area contributed by atoms with E-state index in [0.29, 0.717) is 6.04 Å². The van der Waals surface area contributed by atoms with E-state index < -0.39 is 0 Å². The molecule has 2 rings (SSSR count). The third kappa shape index (κ3) is 3.34. The zero-order chi connectivity index (χ0) is 14.0. The summed E-state index contributed by atoms with van der Waals surface area (Å²) in [5.41, 5.74) is 1.03. The van der Waals surface area contributed by atoms with Crippen molar-refractivity contribution in [1.82, 2.24) is 10.2 Å². The topological polar surface area (TPSA) is 15.3 Å². The number of rotatable bonds is 2. The Hall–Kier alpha value is -0.930. The van der Waals surface area contributed by atoms with E-state index in [9.17, 15) is 4.39 Å². The third-order valence-corrected chi connectivity index (χ3v) is 4.16. The normalized spacial score (nSPS) is 23.3. The van der Waals surface area contributed by atoms with Crippen molar-refractivity contribution in [3.05, 3.63) is 35.6 Å². The molecule has 0 aliphatic carbocycles. The molecule has 106 valence electrons. The van der Waals surface area contributed by atoms with Crippen LogP contribution in [0.3, 0.4) is 0 Å². The first-order chi connectivity index (χ1) is 8.89. The SMILES string of the molecule is CC(c1ccccc1F)N1CCNC(C(C)(C)C)C1. The molecule has 1 aliphatic heterocycles. The molecule has 1 heterocycles. The smallest absolute Gasteiger partial charge is 0.127 e. The van der Waals surface area contributed by atoms with E-state index in [1.54, 1.807) is 12.1 Å². The molecule has 2 atom stereocenters. The fourth-order valence-electron chi connectivity index (χ4n) is 2.72. The number of nitrogens with zero attached hydrogens (tertiary/aromatic N) is 1. The highest BCUT2D eigenvalue weighted by Gasteiger charge is 2.31. The summed E-state index contributed by atoms with van der Waals surface area (Å²) in [7, 11) is 0. The average molecular weight is 264 g/mol. The van der Waals surface area contributed by atoms with Crippen LogP contribution in [0.5, 0.6) is 0 Å². The van der Waals surface area contributed by atoms with Crippen LogP contribution in [0.2, 0.25) is 0 Å². The highest BCUT2D eigenvalue weighted by atomic mass is 19.1. The fourth-order valence-corrected chi connectivity index (χ4v) is 2.72. The van der Waals surface area contributed by atoms with Gasteiger partial charge in [0, 0.05) is 37.3 Å². The molecule has 0 saturated carbocycles. The molecule has 0 bridgehead atoms. The summed E-state index contributed by atoms with van der Waals surface area (Å²) in [4.78, 5) is 2.38. The van der Waals surface area contributed by atoms with Crippen molar-refractivity contribution >= 4 is 0 Å². The van der Waals surface area contributed by atoms with Gasteiger partial charge in [0.1, 0.15) is 5.82 Å². The number of hydrogen-bond acceptors (Lipinski definition) is 2. The van der Waals surface area contributed by atoms with Crippen molar-refractivity contribution < 1.29 is 4.39 Å². The van der Waals surface area contributed by atoms with E-state index in [-0.39, 0.29) is 17.3 Å². The molecule has 1 aromatic carbocycles. The van der Waals surface area contributed by atoms with Crippen LogP contribution in [0, 0.1) is 11.2 Å². The van der Waals surface area contributed by atoms with Crippen LogP contribution in [0.4, 0.5) is 4.39 Å². The van der Waals surface area contributed by atoms with Crippen molar-refractivity contribution in [2.45, 2.75) is 39.8 Å². The van der Waals surface area contributed by atoms with Crippen LogP contribution in [0.1, 0.15) is 39.3 Å². The molecule has 1 fully saturated rings. The minimum absolute atomic E-state index is 0.0964. The minimum Gasteiger partial charge on any atom is -0.311 e. The van der Waals surface area contributed by atoms with Gasteiger partial charge in [-0.05, 0) is 18.4 Å².